The van der Waals surface area contributed by atoms with Crippen molar-refractivity contribution in [3.63, 3.8) is 0 Å². The molecule has 0 atom stereocenters. The van der Waals surface area contributed by atoms with E-state index in [-0.39, 0.29) is 11.2 Å². The van der Waals surface area contributed by atoms with Crippen molar-refractivity contribution in [2.75, 3.05) is 13.7 Å². The predicted molar refractivity (Wildman–Crippen MR) is 59.6 cm³/mol. The second-order valence-corrected chi connectivity index (χ2v) is 4.24. The minimum atomic E-state index is -0.319. The van der Waals surface area contributed by atoms with Gasteiger partial charge in [0.2, 0.25) is 0 Å². The Kier molecular flexibility index (Phi) is 3.69. The highest BCUT2D eigenvalue weighted by atomic mass is 19.1. The zero-order chi connectivity index (χ0) is 11.5. The Balaban J connectivity index is 3.18. The van der Waals surface area contributed by atoms with E-state index in [1.54, 1.807) is 6.07 Å². The van der Waals surface area contributed by atoms with Crippen molar-refractivity contribution >= 4 is 0 Å². The van der Waals surface area contributed by atoms with Crippen LogP contribution in [0.25, 0.3) is 0 Å². The van der Waals surface area contributed by atoms with Crippen LogP contribution in [0.3, 0.4) is 0 Å². The van der Waals surface area contributed by atoms with E-state index < -0.39 is 0 Å². The number of nitrogens with two attached hydrogens (primary N) is 1. The number of halogens is 1. The summed E-state index contributed by atoms with van der Waals surface area (Å²) in [6.45, 7) is 4.65. The molecule has 0 saturated carbocycles. The van der Waals surface area contributed by atoms with Gasteiger partial charge in [-0.3, -0.25) is 0 Å². The summed E-state index contributed by atoms with van der Waals surface area (Å²) in [5.41, 5.74) is 6.25. The first-order valence-electron chi connectivity index (χ1n) is 5.06. The van der Waals surface area contributed by atoms with Crippen LogP contribution in [0.4, 0.5) is 4.39 Å². The van der Waals surface area contributed by atoms with Gasteiger partial charge >= 0.3 is 0 Å². The molecule has 15 heavy (non-hydrogen) atoms. The highest BCUT2D eigenvalue weighted by Gasteiger charge is 2.25. The van der Waals surface area contributed by atoms with Gasteiger partial charge in [0.25, 0.3) is 0 Å². The molecule has 0 spiro atoms. The first-order chi connectivity index (χ1) is 7.03. The van der Waals surface area contributed by atoms with Gasteiger partial charge in [0, 0.05) is 5.56 Å². The standard InChI is InChI=1S/C12H18FNO/c1-12(2,7-8-14)9-5-4-6-10(13)11(9)15-3/h4-6H,7-8,14H2,1-3H3. The third-order valence-electron chi connectivity index (χ3n) is 2.67. The summed E-state index contributed by atoms with van der Waals surface area (Å²) in [4.78, 5) is 0. The van der Waals surface area contributed by atoms with Crippen molar-refractivity contribution in [1.82, 2.24) is 0 Å². The van der Waals surface area contributed by atoms with Crippen LogP contribution in [0.2, 0.25) is 0 Å². The summed E-state index contributed by atoms with van der Waals surface area (Å²) in [6, 6.07) is 4.99. The number of methoxy groups -OCH3 is 1. The maximum atomic E-state index is 13.5. The minimum Gasteiger partial charge on any atom is -0.493 e. The SMILES string of the molecule is COc1c(F)cccc1C(C)(C)CCN. The van der Waals surface area contributed by atoms with Gasteiger partial charge in [0.15, 0.2) is 11.6 Å². The van der Waals surface area contributed by atoms with Crippen LogP contribution in [0.15, 0.2) is 18.2 Å². The van der Waals surface area contributed by atoms with Crippen LogP contribution in [0, 0.1) is 5.82 Å². The fraction of sp³-hybridized carbons (Fsp3) is 0.500. The van der Waals surface area contributed by atoms with E-state index in [4.69, 9.17) is 10.5 Å². The molecular formula is C12H18FNO. The molecule has 0 unspecified atom stereocenters. The molecule has 3 heteroatoms. The molecule has 0 heterocycles. The van der Waals surface area contributed by atoms with Crippen molar-refractivity contribution in [3.8, 4) is 5.75 Å². The monoisotopic (exact) mass is 211 g/mol. The van der Waals surface area contributed by atoms with Gasteiger partial charge in [-0.05, 0) is 24.4 Å². The molecule has 0 fully saturated rings. The summed E-state index contributed by atoms with van der Waals surface area (Å²) < 4.78 is 18.6. The fourth-order valence-electron chi connectivity index (χ4n) is 1.74. The predicted octanol–water partition coefficient (Wildman–Crippen LogP) is 2.46. The van der Waals surface area contributed by atoms with Crippen LogP contribution in [0.5, 0.6) is 5.75 Å². The number of ether oxygens (including phenoxy) is 1. The van der Waals surface area contributed by atoms with Crippen molar-refractivity contribution < 1.29 is 9.13 Å². The third-order valence-corrected chi connectivity index (χ3v) is 2.67. The Labute approximate surface area is 90.2 Å². The van der Waals surface area contributed by atoms with Crippen LogP contribution in [-0.4, -0.2) is 13.7 Å². The normalized spacial score (nSPS) is 11.5. The van der Waals surface area contributed by atoms with Crippen LogP contribution < -0.4 is 10.5 Å². The summed E-state index contributed by atoms with van der Waals surface area (Å²) in [6.07, 6.45) is 0.798. The van der Waals surface area contributed by atoms with E-state index in [9.17, 15) is 4.39 Å². The molecule has 2 nitrogen and oxygen atoms in total. The summed E-state index contributed by atoms with van der Waals surface area (Å²) in [5, 5.41) is 0. The highest BCUT2D eigenvalue weighted by molar-refractivity contribution is 5.40. The molecular weight excluding hydrogens is 193 g/mol. The van der Waals surface area contributed by atoms with E-state index in [1.807, 2.05) is 19.9 Å². The van der Waals surface area contributed by atoms with E-state index in [2.05, 4.69) is 0 Å². The van der Waals surface area contributed by atoms with Gasteiger partial charge < -0.3 is 10.5 Å². The lowest BCUT2D eigenvalue weighted by Gasteiger charge is -2.26. The minimum absolute atomic E-state index is 0.164. The molecule has 0 aliphatic rings. The Morgan fingerprint density at radius 1 is 1.40 bits per heavy atom. The molecule has 0 aromatic heterocycles. The summed E-state index contributed by atoms with van der Waals surface area (Å²) in [5.74, 6) is 0.0102. The lowest BCUT2D eigenvalue weighted by Crippen LogP contribution is -2.22. The maximum Gasteiger partial charge on any atom is 0.165 e. The van der Waals surface area contributed by atoms with Gasteiger partial charge in [-0.2, -0.15) is 0 Å². The Hall–Kier alpha value is -1.09. The van der Waals surface area contributed by atoms with E-state index >= 15 is 0 Å². The van der Waals surface area contributed by atoms with E-state index in [1.165, 1.54) is 13.2 Å². The van der Waals surface area contributed by atoms with Crippen LogP contribution in [0.1, 0.15) is 25.8 Å². The molecule has 1 aromatic carbocycles. The molecule has 2 N–H and O–H groups in total. The number of rotatable bonds is 4. The number of benzene rings is 1. The van der Waals surface area contributed by atoms with Gasteiger partial charge in [-0.1, -0.05) is 26.0 Å². The van der Waals surface area contributed by atoms with Crippen molar-refractivity contribution in [1.29, 1.82) is 0 Å². The molecule has 0 amide bonds. The van der Waals surface area contributed by atoms with Gasteiger partial charge in [0.1, 0.15) is 0 Å². The Morgan fingerprint density at radius 3 is 2.60 bits per heavy atom. The molecule has 0 radical (unpaired) electrons. The summed E-state index contributed by atoms with van der Waals surface area (Å²) >= 11 is 0. The molecule has 0 aliphatic carbocycles. The lowest BCUT2D eigenvalue weighted by molar-refractivity contribution is 0.362. The fourth-order valence-corrected chi connectivity index (χ4v) is 1.74. The molecule has 0 saturated heterocycles. The van der Waals surface area contributed by atoms with Crippen molar-refractivity contribution in [2.45, 2.75) is 25.7 Å². The third kappa shape index (κ3) is 2.48. The summed E-state index contributed by atoms with van der Waals surface area (Å²) in [7, 11) is 1.49. The lowest BCUT2D eigenvalue weighted by atomic mass is 9.81. The quantitative estimate of drug-likeness (QED) is 0.830. The number of hydrogen-bond donors (Lipinski definition) is 1. The average molecular weight is 211 g/mol. The van der Waals surface area contributed by atoms with Crippen LogP contribution >= 0.6 is 0 Å². The number of hydrogen-bond acceptors (Lipinski definition) is 2. The Bertz CT molecular complexity index is 336. The topological polar surface area (TPSA) is 35.2 Å². The number of para-hydroxylation sites is 1. The largest absolute Gasteiger partial charge is 0.493 e. The van der Waals surface area contributed by atoms with Gasteiger partial charge in [-0.15, -0.1) is 0 Å². The molecule has 1 rings (SSSR count). The zero-order valence-corrected chi connectivity index (χ0v) is 9.51. The maximum absolute atomic E-state index is 13.5. The second kappa shape index (κ2) is 4.62. The van der Waals surface area contributed by atoms with Crippen molar-refractivity contribution in [2.24, 2.45) is 5.73 Å². The first-order valence-corrected chi connectivity index (χ1v) is 5.06. The average Bonchev–Trinajstić information content (AvgIpc) is 2.17. The van der Waals surface area contributed by atoms with Gasteiger partial charge in [-0.25, -0.2) is 4.39 Å². The second-order valence-electron chi connectivity index (χ2n) is 4.24. The first kappa shape index (κ1) is 12.0. The smallest absolute Gasteiger partial charge is 0.165 e. The van der Waals surface area contributed by atoms with E-state index in [0.717, 1.165) is 12.0 Å². The van der Waals surface area contributed by atoms with Gasteiger partial charge in [0.05, 0.1) is 7.11 Å². The molecule has 84 valence electrons. The van der Waals surface area contributed by atoms with Crippen molar-refractivity contribution in [3.05, 3.63) is 29.6 Å². The van der Waals surface area contributed by atoms with E-state index in [0.29, 0.717) is 12.3 Å². The molecule has 0 bridgehead atoms. The molecule has 0 aliphatic heterocycles. The zero-order valence-electron chi connectivity index (χ0n) is 9.51. The molecule has 1 aromatic rings. The van der Waals surface area contributed by atoms with Crippen LogP contribution in [-0.2, 0) is 5.41 Å². The highest BCUT2D eigenvalue weighted by Crippen LogP contribution is 2.35. The Morgan fingerprint density at radius 2 is 2.07 bits per heavy atom.